The number of hydrogen-bond acceptors (Lipinski definition) is 1. The normalized spacial score (nSPS) is 28.0. The van der Waals surface area contributed by atoms with Gasteiger partial charge in [-0.05, 0) is 11.3 Å². The Morgan fingerprint density at radius 3 is 2.67 bits per heavy atom. The zero-order chi connectivity index (χ0) is 3.98. The topological polar surface area (TPSA) is 0 Å². The van der Waals surface area contributed by atoms with Gasteiger partial charge in [-0.25, -0.2) is 0 Å². The minimum absolute atomic E-state index is 1.38. The van der Waals surface area contributed by atoms with Gasteiger partial charge in [0.1, 0.15) is 0 Å². The van der Waals surface area contributed by atoms with Crippen molar-refractivity contribution in [1.29, 1.82) is 0 Å². The minimum atomic E-state index is 1.38. The summed E-state index contributed by atoms with van der Waals surface area (Å²) in [5.74, 6) is 1.38. The van der Waals surface area contributed by atoms with Gasteiger partial charge < -0.3 is 0 Å². The van der Waals surface area contributed by atoms with Crippen LogP contribution in [-0.2, 0) is 0 Å². The number of thioether (sulfide) groups is 1. The molecule has 0 fully saturated rings. The average Bonchev–Trinajstić information content (AvgIpc) is 2.17. The lowest BCUT2D eigenvalue weighted by Crippen LogP contribution is -1.69. The summed E-state index contributed by atoms with van der Waals surface area (Å²) in [6.07, 6.45) is 2.78. The zero-order valence-electron chi connectivity index (χ0n) is 3.53. The molecule has 0 aromatic rings. The Labute approximate surface area is 41.6 Å². The molecular formula is C5H6S. The van der Waals surface area contributed by atoms with E-state index in [4.69, 9.17) is 0 Å². The third-order valence-electron chi connectivity index (χ3n) is 1.32. The molecule has 0 nitrogen and oxygen atoms in total. The molecule has 0 unspecified atom stereocenters. The monoisotopic (exact) mass is 98.0 g/mol. The first-order valence-corrected chi connectivity index (χ1v) is 3.29. The van der Waals surface area contributed by atoms with Crippen LogP contribution in [0.4, 0.5) is 0 Å². The van der Waals surface area contributed by atoms with Crippen LogP contribution in [0.25, 0.3) is 0 Å². The first-order chi connectivity index (χ1) is 2.97. The second-order valence-corrected chi connectivity index (χ2v) is 2.99. The zero-order valence-corrected chi connectivity index (χ0v) is 4.35. The van der Waals surface area contributed by atoms with Crippen molar-refractivity contribution in [3.05, 3.63) is 10.5 Å². The van der Waals surface area contributed by atoms with Crippen LogP contribution in [0.1, 0.15) is 12.8 Å². The number of allylic oxidation sites excluding steroid dienone is 2. The molecule has 0 atom stereocenters. The highest BCUT2D eigenvalue weighted by Crippen LogP contribution is 2.49. The van der Waals surface area contributed by atoms with Crippen molar-refractivity contribution in [2.75, 3.05) is 5.75 Å². The van der Waals surface area contributed by atoms with Crippen LogP contribution in [0, 0.1) is 0 Å². The minimum Gasteiger partial charge on any atom is -0.130 e. The van der Waals surface area contributed by atoms with E-state index in [2.05, 4.69) is 11.8 Å². The predicted octanol–water partition coefficient (Wildman–Crippen LogP) is 1.78. The van der Waals surface area contributed by atoms with Gasteiger partial charge in [-0.1, -0.05) is 5.57 Å². The fourth-order valence-electron chi connectivity index (χ4n) is 0.828. The number of hydrogen-bond donors (Lipinski definition) is 0. The second kappa shape index (κ2) is 0.836. The Morgan fingerprint density at radius 1 is 1.50 bits per heavy atom. The fraction of sp³-hybridized carbons (Fsp3) is 0.600. The Hall–Kier alpha value is 0.0900. The van der Waals surface area contributed by atoms with E-state index >= 15 is 0 Å². The van der Waals surface area contributed by atoms with Gasteiger partial charge >= 0.3 is 0 Å². The second-order valence-electron chi connectivity index (χ2n) is 1.80. The van der Waals surface area contributed by atoms with Crippen LogP contribution < -0.4 is 0 Å². The SMILES string of the molecule is C1CC2=C(C2)S1. The largest absolute Gasteiger partial charge is 0.130 e. The van der Waals surface area contributed by atoms with Crippen molar-refractivity contribution in [2.45, 2.75) is 12.8 Å². The van der Waals surface area contributed by atoms with Crippen LogP contribution in [0.3, 0.4) is 0 Å². The molecule has 0 amide bonds. The van der Waals surface area contributed by atoms with Crippen molar-refractivity contribution < 1.29 is 0 Å². The summed E-state index contributed by atoms with van der Waals surface area (Å²) in [6, 6.07) is 0. The van der Waals surface area contributed by atoms with Crippen molar-refractivity contribution in [3.8, 4) is 0 Å². The summed E-state index contributed by atoms with van der Waals surface area (Å²) in [5.41, 5.74) is 1.75. The third-order valence-corrected chi connectivity index (χ3v) is 2.51. The van der Waals surface area contributed by atoms with Crippen LogP contribution in [0.2, 0.25) is 0 Å². The molecule has 2 aliphatic rings. The van der Waals surface area contributed by atoms with Gasteiger partial charge in [0.2, 0.25) is 0 Å². The molecule has 0 spiro atoms. The van der Waals surface area contributed by atoms with Gasteiger partial charge in [-0.3, -0.25) is 0 Å². The molecule has 2 rings (SSSR count). The van der Waals surface area contributed by atoms with Crippen molar-refractivity contribution >= 4 is 11.8 Å². The fourth-order valence-corrected chi connectivity index (χ4v) is 2.01. The summed E-state index contributed by atoms with van der Waals surface area (Å²) in [7, 11) is 0. The van der Waals surface area contributed by atoms with E-state index in [9.17, 15) is 0 Å². The van der Waals surface area contributed by atoms with Crippen molar-refractivity contribution in [2.24, 2.45) is 0 Å². The molecule has 0 bridgehead atoms. The molecule has 6 heavy (non-hydrogen) atoms. The molecule has 1 aliphatic heterocycles. The summed E-state index contributed by atoms with van der Waals surface area (Å²) in [4.78, 5) is 1.70. The van der Waals surface area contributed by atoms with E-state index in [0.717, 1.165) is 0 Å². The highest BCUT2D eigenvalue weighted by molar-refractivity contribution is 8.03. The molecule has 0 saturated heterocycles. The third kappa shape index (κ3) is 0.267. The molecule has 0 aromatic heterocycles. The van der Waals surface area contributed by atoms with Gasteiger partial charge in [-0.2, -0.15) is 0 Å². The Bertz CT molecular complexity index is 101. The molecule has 1 aliphatic carbocycles. The molecule has 0 saturated carbocycles. The van der Waals surface area contributed by atoms with Crippen molar-refractivity contribution in [1.82, 2.24) is 0 Å². The molecular weight excluding hydrogens is 92.1 g/mol. The van der Waals surface area contributed by atoms with Gasteiger partial charge in [0.15, 0.2) is 0 Å². The van der Waals surface area contributed by atoms with Crippen LogP contribution in [-0.4, -0.2) is 5.75 Å². The Balaban J connectivity index is 2.29. The molecule has 1 heterocycles. The molecule has 1 heteroatoms. The van der Waals surface area contributed by atoms with E-state index in [1.807, 2.05) is 0 Å². The van der Waals surface area contributed by atoms with E-state index in [-0.39, 0.29) is 0 Å². The van der Waals surface area contributed by atoms with Gasteiger partial charge in [-0.15, -0.1) is 11.8 Å². The maximum absolute atomic E-state index is 2.05. The summed E-state index contributed by atoms with van der Waals surface area (Å²) >= 11 is 2.05. The highest BCUT2D eigenvalue weighted by Gasteiger charge is 2.26. The standard InChI is InChI=1S/C5H6S/c1-2-6-5-3-4(1)5/h1-3H2. The van der Waals surface area contributed by atoms with Crippen LogP contribution >= 0.6 is 11.8 Å². The lowest BCUT2D eigenvalue weighted by atomic mass is 10.4. The van der Waals surface area contributed by atoms with Crippen LogP contribution in [0.5, 0.6) is 0 Å². The maximum Gasteiger partial charge on any atom is 0.00147 e. The van der Waals surface area contributed by atoms with Crippen molar-refractivity contribution in [3.63, 3.8) is 0 Å². The predicted molar refractivity (Wildman–Crippen MR) is 28.7 cm³/mol. The van der Waals surface area contributed by atoms with E-state index < -0.39 is 0 Å². The Morgan fingerprint density at radius 2 is 2.50 bits per heavy atom. The maximum atomic E-state index is 2.05. The molecule has 0 radical (unpaired) electrons. The Kier molecular flexibility index (Phi) is 0.438. The average molecular weight is 98.2 g/mol. The van der Waals surface area contributed by atoms with Gasteiger partial charge in [0.25, 0.3) is 0 Å². The molecule has 0 N–H and O–H groups in total. The summed E-state index contributed by atoms with van der Waals surface area (Å²) < 4.78 is 0. The van der Waals surface area contributed by atoms with E-state index in [1.165, 1.54) is 18.6 Å². The first kappa shape index (κ1) is 3.14. The number of rotatable bonds is 0. The van der Waals surface area contributed by atoms with E-state index in [1.54, 1.807) is 10.5 Å². The quantitative estimate of drug-likeness (QED) is 0.445. The van der Waals surface area contributed by atoms with Gasteiger partial charge in [0, 0.05) is 12.2 Å². The lowest BCUT2D eigenvalue weighted by molar-refractivity contribution is 1.17. The van der Waals surface area contributed by atoms with E-state index in [0.29, 0.717) is 0 Å². The first-order valence-electron chi connectivity index (χ1n) is 2.30. The molecule has 32 valence electrons. The molecule has 0 aromatic carbocycles. The summed E-state index contributed by atoms with van der Waals surface area (Å²) in [5, 5.41) is 0. The van der Waals surface area contributed by atoms with Gasteiger partial charge in [0.05, 0.1) is 0 Å². The smallest absolute Gasteiger partial charge is 0.00147 e. The lowest BCUT2D eigenvalue weighted by Gasteiger charge is -1.85. The highest BCUT2D eigenvalue weighted by atomic mass is 32.2. The van der Waals surface area contributed by atoms with Crippen LogP contribution in [0.15, 0.2) is 10.5 Å². The summed E-state index contributed by atoms with van der Waals surface area (Å²) in [6.45, 7) is 0.